The second kappa shape index (κ2) is 5.19. The van der Waals surface area contributed by atoms with Crippen LogP contribution < -0.4 is 10.1 Å². The average Bonchev–Trinajstić information content (AvgIpc) is 2.35. The molecule has 2 rings (SSSR count). The number of hydrogen-bond donors (Lipinski definition) is 1. The molecule has 1 aliphatic rings. The van der Waals surface area contributed by atoms with Crippen molar-refractivity contribution in [3.05, 3.63) is 28.3 Å². The topological polar surface area (TPSA) is 21.3 Å². The summed E-state index contributed by atoms with van der Waals surface area (Å²) in [7, 11) is 1.27. The van der Waals surface area contributed by atoms with Crippen molar-refractivity contribution in [1.29, 1.82) is 0 Å². The number of ether oxygens (including phenoxy) is 1. The summed E-state index contributed by atoms with van der Waals surface area (Å²) in [5, 5.41) is 3.28. The monoisotopic (exact) mass is 261 g/mol. The van der Waals surface area contributed by atoms with Crippen LogP contribution in [-0.2, 0) is 0 Å². The van der Waals surface area contributed by atoms with Crippen LogP contribution in [0.3, 0.4) is 0 Å². The minimum atomic E-state index is -0.999. The zero-order valence-electron chi connectivity index (χ0n) is 9.53. The summed E-state index contributed by atoms with van der Waals surface area (Å²) >= 11 is 5.87. The van der Waals surface area contributed by atoms with E-state index in [0.29, 0.717) is 12.1 Å². The van der Waals surface area contributed by atoms with Crippen LogP contribution in [0.25, 0.3) is 0 Å². The van der Waals surface area contributed by atoms with Crippen LogP contribution in [0.15, 0.2) is 6.07 Å². The van der Waals surface area contributed by atoms with Crippen molar-refractivity contribution in [3.8, 4) is 5.75 Å². The van der Waals surface area contributed by atoms with Gasteiger partial charge < -0.3 is 10.1 Å². The second-order valence-electron chi connectivity index (χ2n) is 4.15. The van der Waals surface area contributed by atoms with E-state index in [-0.39, 0.29) is 16.7 Å². The van der Waals surface area contributed by atoms with Crippen LogP contribution in [0.5, 0.6) is 5.75 Å². The van der Waals surface area contributed by atoms with Gasteiger partial charge in [-0.15, -0.1) is 0 Å². The van der Waals surface area contributed by atoms with Gasteiger partial charge in [-0.3, -0.25) is 0 Å². The van der Waals surface area contributed by atoms with Gasteiger partial charge in [-0.05, 0) is 36.9 Å². The van der Waals surface area contributed by atoms with E-state index < -0.39 is 11.6 Å². The molecule has 1 unspecified atom stereocenters. The summed E-state index contributed by atoms with van der Waals surface area (Å²) in [5.74, 6) is -2.10. The predicted octanol–water partition coefficient (Wildman–Crippen LogP) is 3.09. The molecular formula is C12H14ClF2NO. The van der Waals surface area contributed by atoms with Gasteiger partial charge in [0.1, 0.15) is 0 Å². The molecule has 0 bridgehead atoms. The fourth-order valence-corrected chi connectivity index (χ4v) is 2.48. The molecular weight excluding hydrogens is 248 g/mol. The summed E-state index contributed by atoms with van der Waals surface area (Å²) in [4.78, 5) is 0. The average molecular weight is 262 g/mol. The van der Waals surface area contributed by atoms with Gasteiger partial charge in [-0.25, -0.2) is 4.39 Å². The molecule has 94 valence electrons. The summed E-state index contributed by atoms with van der Waals surface area (Å²) in [6.07, 6.45) is 1.79. The fraction of sp³-hybridized carbons (Fsp3) is 0.500. The molecule has 1 aromatic rings. The van der Waals surface area contributed by atoms with Crippen LogP contribution in [0, 0.1) is 11.6 Å². The van der Waals surface area contributed by atoms with E-state index in [0.717, 1.165) is 19.4 Å². The normalized spacial score (nSPS) is 20.4. The first-order valence-electron chi connectivity index (χ1n) is 5.57. The lowest BCUT2D eigenvalue weighted by Gasteiger charge is -2.24. The van der Waals surface area contributed by atoms with E-state index >= 15 is 0 Å². The maximum atomic E-state index is 13.9. The highest BCUT2D eigenvalue weighted by Crippen LogP contribution is 2.36. The molecule has 1 aromatic carbocycles. The van der Waals surface area contributed by atoms with Crippen molar-refractivity contribution in [2.45, 2.75) is 18.8 Å². The Labute approximate surface area is 104 Å². The molecule has 17 heavy (non-hydrogen) atoms. The molecule has 5 heteroatoms. The molecule has 1 heterocycles. The number of halogens is 3. The Morgan fingerprint density at radius 1 is 1.41 bits per heavy atom. The Kier molecular flexibility index (Phi) is 3.84. The largest absolute Gasteiger partial charge is 0.492 e. The highest BCUT2D eigenvalue weighted by Gasteiger charge is 2.24. The van der Waals surface area contributed by atoms with Crippen LogP contribution in [0.4, 0.5) is 8.78 Å². The Bertz CT molecular complexity index is 419. The number of methoxy groups -OCH3 is 1. The van der Waals surface area contributed by atoms with Gasteiger partial charge in [-0.2, -0.15) is 4.39 Å². The lowest BCUT2D eigenvalue weighted by molar-refractivity contribution is 0.365. The lowest BCUT2D eigenvalue weighted by atomic mass is 9.91. The Morgan fingerprint density at radius 2 is 2.18 bits per heavy atom. The third-order valence-corrected chi connectivity index (χ3v) is 3.37. The maximum Gasteiger partial charge on any atom is 0.202 e. The van der Waals surface area contributed by atoms with E-state index in [1.54, 1.807) is 0 Å². The van der Waals surface area contributed by atoms with Crippen molar-refractivity contribution in [3.63, 3.8) is 0 Å². The van der Waals surface area contributed by atoms with Crippen molar-refractivity contribution in [2.75, 3.05) is 20.2 Å². The van der Waals surface area contributed by atoms with Gasteiger partial charge in [0.05, 0.1) is 12.1 Å². The van der Waals surface area contributed by atoms with E-state index in [4.69, 9.17) is 16.3 Å². The number of benzene rings is 1. The minimum Gasteiger partial charge on any atom is -0.492 e. The molecule has 0 radical (unpaired) electrons. The number of rotatable bonds is 2. The van der Waals surface area contributed by atoms with Crippen LogP contribution in [-0.4, -0.2) is 20.2 Å². The Hall–Kier alpha value is -0.870. The predicted molar refractivity (Wildman–Crippen MR) is 62.8 cm³/mol. The Balaban J connectivity index is 2.40. The molecule has 1 atom stereocenters. The summed E-state index contributed by atoms with van der Waals surface area (Å²) in [6, 6.07) is 1.47. The van der Waals surface area contributed by atoms with Gasteiger partial charge >= 0.3 is 0 Å². The molecule has 1 saturated heterocycles. The Morgan fingerprint density at radius 3 is 2.76 bits per heavy atom. The smallest absolute Gasteiger partial charge is 0.202 e. The molecule has 0 spiro atoms. The number of piperidine rings is 1. The number of nitrogens with one attached hydrogen (secondary N) is 1. The molecule has 0 saturated carbocycles. The van der Waals surface area contributed by atoms with Crippen molar-refractivity contribution < 1.29 is 13.5 Å². The van der Waals surface area contributed by atoms with Crippen LogP contribution >= 0.6 is 11.6 Å². The van der Waals surface area contributed by atoms with E-state index in [1.165, 1.54) is 13.2 Å². The van der Waals surface area contributed by atoms with Crippen molar-refractivity contribution in [1.82, 2.24) is 5.32 Å². The highest BCUT2D eigenvalue weighted by molar-refractivity contribution is 6.32. The first-order chi connectivity index (χ1) is 8.15. The molecule has 2 nitrogen and oxygen atoms in total. The van der Waals surface area contributed by atoms with Crippen molar-refractivity contribution >= 4 is 11.6 Å². The maximum absolute atomic E-state index is 13.9. The summed E-state index contributed by atoms with van der Waals surface area (Å²) in [5.41, 5.74) is 0.334. The first kappa shape index (κ1) is 12.6. The van der Waals surface area contributed by atoms with Crippen LogP contribution in [0.2, 0.25) is 5.02 Å². The zero-order chi connectivity index (χ0) is 12.4. The van der Waals surface area contributed by atoms with Crippen molar-refractivity contribution in [2.24, 2.45) is 0 Å². The first-order valence-corrected chi connectivity index (χ1v) is 5.95. The highest BCUT2D eigenvalue weighted by atomic mass is 35.5. The summed E-state index contributed by atoms with van der Waals surface area (Å²) in [6.45, 7) is 1.57. The molecule has 0 aliphatic carbocycles. The number of hydrogen-bond acceptors (Lipinski definition) is 2. The van der Waals surface area contributed by atoms with Gasteiger partial charge in [-0.1, -0.05) is 11.6 Å². The minimum absolute atomic E-state index is 0.0262. The zero-order valence-corrected chi connectivity index (χ0v) is 10.3. The molecule has 1 N–H and O–H groups in total. The lowest BCUT2D eigenvalue weighted by Crippen LogP contribution is -2.29. The quantitative estimate of drug-likeness (QED) is 0.826. The summed E-state index contributed by atoms with van der Waals surface area (Å²) < 4.78 is 32.3. The van der Waals surface area contributed by atoms with E-state index in [1.807, 2.05) is 0 Å². The van der Waals surface area contributed by atoms with Gasteiger partial charge in [0.2, 0.25) is 5.82 Å². The van der Waals surface area contributed by atoms with Gasteiger partial charge in [0.15, 0.2) is 11.6 Å². The van der Waals surface area contributed by atoms with E-state index in [9.17, 15) is 8.78 Å². The third-order valence-electron chi connectivity index (χ3n) is 3.09. The van der Waals surface area contributed by atoms with Gasteiger partial charge in [0.25, 0.3) is 0 Å². The molecule has 0 amide bonds. The third kappa shape index (κ3) is 2.38. The fourth-order valence-electron chi connectivity index (χ4n) is 2.20. The SMILES string of the molecule is COc1c(Cl)cc(C2CCCNC2)c(F)c1F. The molecule has 1 aliphatic heterocycles. The standard InChI is InChI=1S/C12H14ClF2NO/c1-17-12-9(13)5-8(10(14)11(12)15)7-3-2-4-16-6-7/h5,7,16H,2-4,6H2,1H3. The molecule has 1 fully saturated rings. The second-order valence-corrected chi connectivity index (χ2v) is 4.56. The molecule has 0 aromatic heterocycles. The van der Waals surface area contributed by atoms with E-state index in [2.05, 4.69) is 5.32 Å². The van der Waals surface area contributed by atoms with Gasteiger partial charge in [0, 0.05) is 6.54 Å². The van der Waals surface area contributed by atoms with Crippen LogP contribution in [0.1, 0.15) is 24.3 Å².